The Morgan fingerprint density at radius 2 is 2.50 bits per heavy atom. The molecule has 0 atom stereocenters. The SMILES string of the molecule is CCCc1csc(NC(C)=O)n1. The summed E-state index contributed by atoms with van der Waals surface area (Å²) in [6.45, 7) is 3.60. The van der Waals surface area contributed by atoms with Gasteiger partial charge in [-0.1, -0.05) is 13.3 Å². The van der Waals surface area contributed by atoms with Gasteiger partial charge in [0.15, 0.2) is 5.13 Å². The van der Waals surface area contributed by atoms with Gasteiger partial charge in [-0.15, -0.1) is 11.3 Å². The van der Waals surface area contributed by atoms with Gasteiger partial charge >= 0.3 is 0 Å². The van der Waals surface area contributed by atoms with Crippen LogP contribution < -0.4 is 5.32 Å². The highest BCUT2D eigenvalue weighted by Crippen LogP contribution is 2.15. The molecule has 0 bridgehead atoms. The molecule has 0 aliphatic heterocycles. The van der Waals surface area contributed by atoms with E-state index in [0.29, 0.717) is 5.13 Å². The van der Waals surface area contributed by atoms with Gasteiger partial charge in [0, 0.05) is 12.3 Å². The van der Waals surface area contributed by atoms with Crippen LogP contribution in [0.3, 0.4) is 0 Å². The average molecular weight is 184 g/mol. The maximum absolute atomic E-state index is 10.6. The second kappa shape index (κ2) is 4.21. The molecule has 0 aliphatic rings. The highest BCUT2D eigenvalue weighted by atomic mass is 32.1. The van der Waals surface area contributed by atoms with Crippen molar-refractivity contribution in [1.29, 1.82) is 0 Å². The van der Waals surface area contributed by atoms with Gasteiger partial charge in [0.1, 0.15) is 0 Å². The largest absolute Gasteiger partial charge is 0.302 e. The molecule has 1 amide bonds. The van der Waals surface area contributed by atoms with Crippen molar-refractivity contribution in [3.05, 3.63) is 11.1 Å². The highest BCUT2D eigenvalue weighted by molar-refractivity contribution is 7.13. The highest BCUT2D eigenvalue weighted by Gasteiger charge is 2.01. The normalized spacial score (nSPS) is 9.83. The van der Waals surface area contributed by atoms with Gasteiger partial charge in [0.25, 0.3) is 0 Å². The summed E-state index contributed by atoms with van der Waals surface area (Å²) in [5.74, 6) is -0.0626. The minimum Gasteiger partial charge on any atom is -0.302 e. The van der Waals surface area contributed by atoms with E-state index in [4.69, 9.17) is 0 Å². The Labute approximate surface area is 75.8 Å². The van der Waals surface area contributed by atoms with E-state index >= 15 is 0 Å². The number of anilines is 1. The Balaban J connectivity index is 2.58. The lowest BCUT2D eigenvalue weighted by atomic mass is 10.3. The van der Waals surface area contributed by atoms with E-state index in [1.165, 1.54) is 18.3 Å². The van der Waals surface area contributed by atoms with E-state index in [2.05, 4.69) is 17.2 Å². The van der Waals surface area contributed by atoms with Gasteiger partial charge in [-0.2, -0.15) is 0 Å². The van der Waals surface area contributed by atoms with Crippen LogP contribution in [0, 0.1) is 0 Å². The Bertz CT molecular complexity index is 270. The molecule has 0 aliphatic carbocycles. The van der Waals surface area contributed by atoms with E-state index in [1.807, 2.05) is 5.38 Å². The third-order valence-electron chi connectivity index (χ3n) is 1.34. The molecule has 1 aromatic heterocycles. The van der Waals surface area contributed by atoms with E-state index in [1.54, 1.807) is 0 Å². The first-order valence-electron chi connectivity index (χ1n) is 3.94. The molecule has 3 nitrogen and oxygen atoms in total. The van der Waals surface area contributed by atoms with Gasteiger partial charge in [-0.25, -0.2) is 4.98 Å². The predicted octanol–water partition coefficient (Wildman–Crippen LogP) is 2.05. The van der Waals surface area contributed by atoms with E-state index < -0.39 is 0 Å². The van der Waals surface area contributed by atoms with Crippen LogP contribution in [-0.4, -0.2) is 10.9 Å². The first-order chi connectivity index (χ1) is 5.72. The van der Waals surface area contributed by atoms with E-state index in [9.17, 15) is 4.79 Å². The number of nitrogens with zero attached hydrogens (tertiary/aromatic N) is 1. The average Bonchev–Trinajstić information content (AvgIpc) is 2.36. The Morgan fingerprint density at radius 1 is 1.75 bits per heavy atom. The molecule has 4 heteroatoms. The number of nitrogens with one attached hydrogen (secondary N) is 1. The van der Waals surface area contributed by atoms with Gasteiger partial charge in [-0.3, -0.25) is 4.79 Å². The summed E-state index contributed by atoms with van der Waals surface area (Å²) >= 11 is 1.47. The molecule has 1 aromatic rings. The second-order valence-electron chi connectivity index (χ2n) is 2.58. The van der Waals surface area contributed by atoms with Gasteiger partial charge in [-0.05, 0) is 6.42 Å². The van der Waals surface area contributed by atoms with Crippen molar-refractivity contribution in [2.45, 2.75) is 26.7 Å². The fraction of sp³-hybridized carbons (Fsp3) is 0.500. The molecular weight excluding hydrogens is 172 g/mol. The number of aromatic nitrogens is 1. The van der Waals surface area contributed by atoms with Crippen LogP contribution in [0.15, 0.2) is 5.38 Å². The maximum Gasteiger partial charge on any atom is 0.223 e. The summed E-state index contributed by atoms with van der Waals surface area (Å²) in [6.07, 6.45) is 2.07. The summed E-state index contributed by atoms with van der Waals surface area (Å²) in [4.78, 5) is 14.9. The minimum absolute atomic E-state index is 0.0626. The molecule has 0 spiro atoms. The third-order valence-corrected chi connectivity index (χ3v) is 2.15. The molecular formula is C8H12N2OS. The van der Waals surface area contributed by atoms with Crippen molar-refractivity contribution >= 4 is 22.4 Å². The second-order valence-corrected chi connectivity index (χ2v) is 3.43. The Kier molecular flexibility index (Phi) is 3.22. The Hall–Kier alpha value is -0.900. The number of carbonyl (C=O) groups excluding carboxylic acids is 1. The van der Waals surface area contributed by atoms with Crippen LogP contribution in [0.1, 0.15) is 26.0 Å². The first-order valence-corrected chi connectivity index (χ1v) is 4.82. The van der Waals surface area contributed by atoms with Gasteiger partial charge < -0.3 is 5.32 Å². The van der Waals surface area contributed by atoms with E-state index in [-0.39, 0.29) is 5.91 Å². The zero-order valence-corrected chi connectivity index (χ0v) is 8.07. The number of amides is 1. The summed E-state index contributed by atoms with van der Waals surface area (Å²) in [7, 11) is 0. The van der Waals surface area contributed by atoms with Crippen LogP contribution in [0.2, 0.25) is 0 Å². The van der Waals surface area contributed by atoms with Crippen molar-refractivity contribution in [2.75, 3.05) is 5.32 Å². The van der Waals surface area contributed by atoms with Gasteiger partial charge in [0.05, 0.1) is 5.69 Å². The fourth-order valence-corrected chi connectivity index (χ4v) is 1.68. The number of rotatable bonds is 3. The lowest BCUT2D eigenvalue weighted by molar-refractivity contribution is -0.114. The number of hydrogen-bond donors (Lipinski definition) is 1. The topological polar surface area (TPSA) is 42.0 Å². The zero-order valence-electron chi connectivity index (χ0n) is 7.26. The molecule has 0 saturated heterocycles. The lowest BCUT2D eigenvalue weighted by Crippen LogP contribution is -2.05. The number of hydrogen-bond acceptors (Lipinski definition) is 3. The molecule has 1 heterocycles. The Morgan fingerprint density at radius 3 is 3.08 bits per heavy atom. The molecule has 1 rings (SSSR count). The van der Waals surface area contributed by atoms with Crippen LogP contribution in [0.5, 0.6) is 0 Å². The van der Waals surface area contributed by atoms with Crippen molar-refractivity contribution in [3.63, 3.8) is 0 Å². The monoisotopic (exact) mass is 184 g/mol. The van der Waals surface area contributed by atoms with Crippen LogP contribution in [0.4, 0.5) is 5.13 Å². The van der Waals surface area contributed by atoms with Crippen molar-refractivity contribution in [1.82, 2.24) is 4.98 Å². The molecule has 1 N–H and O–H groups in total. The smallest absolute Gasteiger partial charge is 0.223 e. The van der Waals surface area contributed by atoms with Gasteiger partial charge in [0.2, 0.25) is 5.91 Å². The lowest BCUT2D eigenvalue weighted by Gasteiger charge is -1.93. The molecule has 0 radical (unpaired) electrons. The molecule has 0 unspecified atom stereocenters. The maximum atomic E-state index is 10.6. The first kappa shape index (κ1) is 9.19. The zero-order chi connectivity index (χ0) is 8.97. The molecule has 66 valence electrons. The van der Waals surface area contributed by atoms with Crippen LogP contribution in [-0.2, 0) is 11.2 Å². The fourth-order valence-electron chi connectivity index (χ4n) is 0.886. The van der Waals surface area contributed by atoms with Crippen LogP contribution in [0.25, 0.3) is 0 Å². The number of carbonyl (C=O) groups is 1. The van der Waals surface area contributed by atoms with Crippen molar-refractivity contribution in [3.8, 4) is 0 Å². The molecule has 12 heavy (non-hydrogen) atoms. The molecule has 0 fully saturated rings. The minimum atomic E-state index is -0.0626. The summed E-state index contributed by atoms with van der Waals surface area (Å²) in [6, 6.07) is 0. The summed E-state index contributed by atoms with van der Waals surface area (Å²) < 4.78 is 0. The predicted molar refractivity (Wildman–Crippen MR) is 50.4 cm³/mol. The number of thiazole rings is 1. The third kappa shape index (κ3) is 2.62. The summed E-state index contributed by atoms with van der Waals surface area (Å²) in [5, 5.41) is 5.33. The standard InChI is InChI=1S/C8H12N2OS/c1-3-4-7-5-12-8(10-7)9-6(2)11/h5H,3-4H2,1-2H3,(H,9,10,11). The number of aryl methyl sites for hydroxylation is 1. The molecule has 0 aromatic carbocycles. The summed E-state index contributed by atoms with van der Waals surface area (Å²) in [5.41, 5.74) is 1.06. The van der Waals surface area contributed by atoms with Crippen LogP contribution >= 0.6 is 11.3 Å². The molecule has 0 saturated carbocycles. The van der Waals surface area contributed by atoms with E-state index in [0.717, 1.165) is 18.5 Å². The van der Waals surface area contributed by atoms with Crippen molar-refractivity contribution < 1.29 is 4.79 Å². The quantitative estimate of drug-likeness (QED) is 0.781. The van der Waals surface area contributed by atoms with Crippen molar-refractivity contribution in [2.24, 2.45) is 0 Å².